The number of benzene rings is 1. The Labute approximate surface area is 218 Å². The van der Waals surface area contributed by atoms with Gasteiger partial charge in [0.05, 0.1) is 25.2 Å². The molecule has 1 fully saturated rings. The van der Waals surface area contributed by atoms with Crippen LogP contribution in [0.5, 0.6) is 5.75 Å². The minimum atomic E-state index is -3.63. The topological polar surface area (TPSA) is 105 Å². The van der Waals surface area contributed by atoms with Gasteiger partial charge in [0, 0.05) is 42.0 Å². The highest BCUT2D eigenvalue weighted by Gasteiger charge is 2.30. The number of hydrogen-bond acceptors (Lipinski definition) is 9. The Morgan fingerprint density at radius 2 is 1.78 bits per heavy atom. The average Bonchev–Trinajstić information content (AvgIpc) is 3.54. The van der Waals surface area contributed by atoms with Crippen LogP contribution in [0.1, 0.15) is 17.3 Å². The third kappa shape index (κ3) is 5.79. The van der Waals surface area contributed by atoms with E-state index < -0.39 is 16.0 Å². The molecule has 1 aliphatic rings. The lowest BCUT2D eigenvalue weighted by Crippen LogP contribution is -2.50. The molecule has 4 rings (SSSR count). The maximum absolute atomic E-state index is 13.0. The van der Waals surface area contributed by atoms with Crippen molar-refractivity contribution < 1.29 is 27.5 Å². The summed E-state index contributed by atoms with van der Waals surface area (Å²) < 4.78 is 37.7. The van der Waals surface area contributed by atoms with E-state index in [0.717, 1.165) is 10.4 Å². The molecule has 3 aromatic rings. The van der Waals surface area contributed by atoms with E-state index in [-0.39, 0.29) is 37.0 Å². The SMILES string of the molecule is CCOC(=O)c1c(-c2cccs2)csc1NC(=O)CN1CCN(S(=O)(=O)c2ccc(OC)cc2)CC1. The Morgan fingerprint density at radius 3 is 2.39 bits per heavy atom. The molecule has 3 heterocycles. The molecule has 0 bridgehead atoms. The molecule has 0 unspecified atom stereocenters. The first kappa shape index (κ1) is 26.3. The molecule has 1 aromatic carbocycles. The van der Waals surface area contributed by atoms with Crippen LogP contribution in [-0.2, 0) is 19.6 Å². The summed E-state index contributed by atoms with van der Waals surface area (Å²) in [6.45, 7) is 3.44. The molecule has 192 valence electrons. The molecule has 0 atom stereocenters. The van der Waals surface area contributed by atoms with Crippen molar-refractivity contribution in [2.45, 2.75) is 11.8 Å². The summed E-state index contributed by atoms with van der Waals surface area (Å²) in [5, 5.41) is 7.07. The first-order chi connectivity index (χ1) is 17.3. The molecular weight excluding hydrogens is 522 g/mol. The van der Waals surface area contributed by atoms with Crippen LogP contribution >= 0.6 is 22.7 Å². The summed E-state index contributed by atoms with van der Waals surface area (Å²) in [6.07, 6.45) is 0. The Balaban J connectivity index is 1.38. The van der Waals surface area contributed by atoms with E-state index in [1.807, 2.05) is 27.8 Å². The van der Waals surface area contributed by atoms with E-state index in [2.05, 4.69) is 5.32 Å². The second kappa shape index (κ2) is 11.5. The third-order valence-electron chi connectivity index (χ3n) is 5.71. The number of esters is 1. The number of rotatable bonds is 9. The first-order valence-corrected chi connectivity index (χ1v) is 14.5. The zero-order valence-electron chi connectivity index (χ0n) is 19.9. The number of nitrogens with one attached hydrogen (secondary N) is 1. The minimum Gasteiger partial charge on any atom is -0.497 e. The highest BCUT2D eigenvalue weighted by molar-refractivity contribution is 7.89. The molecule has 1 saturated heterocycles. The Bertz CT molecular complexity index is 1300. The van der Waals surface area contributed by atoms with Crippen molar-refractivity contribution >= 4 is 49.6 Å². The fourth-order valence-electron chi connectivity index (χ4n) is 3.86. The second-order valence-electron chi connectivity index (χ2n) is 7.96. The molecule has 0 aliphatic carbocycles. The van der Waals surface area contributed by atoms with Gasteiger partial charge in [0.2, 0.25) is 15.9 Å². The Kier molecular flexibility index (Phi) is 8.42. The number of hydrogen-bond donors (Lipinski definition) is 1. The molecule has 1 N–H and O–H groups in total. The van der Waals surface area contributed by atoms with Gasteiger partial charge in [0.15, 0.2) is 0 Å². The zero-order chi connectivity index (χ0) is 25.7. The van der Waals surface area contributed by atoms with E-state index in [4.69, 9.17) is 9.47 Å². The van der Waals surface area contributed by atoms with Crippen LogP contribution in [0.15, 0.2) is 52.1 Å². The predicted molar refractivity (Wildman–Crippen MR) is 140 cm³/mol. The number of carbonyl (C=O) groups is 2. The predicted octanol–water partition coefficient (Wildman–Crippen LogP) is 3.61. The van der Waals surface area contributed by atoms with Gasteiger partial charge in [-0.3, -0.25) is 9.69 Å². The van der Waals surface area contributed by atoms with Crippen molar-refractivity contribution in [3.8, 4) is 16.2 Å². The van der Waals surface area contributed by atoms with Crippen molar-refractivity contribution in [1.82, 2.24) is 9.21 Å². The maximum Gasteiger partial charge on any atom is 0.341 e. The summed E-state index contributed by atoms with van der Waals surface area (Å²) >= 11 is 2.79. The van der Waals surface area contributed by atoms with Crippen LogP contribution in [-0.4, -0.2) is 75.9 Å². The lowest BCUT2D eigenvalue weighted by atomic mass is 10.1. The number of ether oxygens (including phenoxy) is 2. The van der Waals surface area contributed by atoms with Gasteiger partial charge in [-0.2, -0.15) is 4.31 Å². The minimum absolute atomic E-state index is 0.0882. The molecule has 2 aromatic heterocycles. The standard InChI is InChI=1S/C24H27N3O6S3/c1-3-33-24(29)22-19(20-5-4-14-34-20)16-35-23(22)25-21(28)15-26-10-12-27(13-11-26)36(30,31)18-8-6-17(32-2)7-9-18/h4-9,14,16H,3,10-13,15H2,1-2H3,(H,25,28). The maximum atomic E-state index is 13.0. The fourth-order valence-corrected chi connectivity index (χ4v) is 7.07. The third-order valence-corrected chi connectivity index (χ3v) is 9.42. The quantitative estimate of drug-likeness (QED) is 0.407. The monoisotopic (exact) mass is 549 g/mol. The van der Waals surface area contributed by atoms with Crippen LogP contribution in [0.2, 0.25) is 0 Å². The van der Waals surface area contributed by atoms with Crippen LogP contribution in [0.4, 0.5) is 5.00 Å². The molecule has 0 radical (unpaired) electrons. The normalized spacial score (nSPS) is 14.9. The highest BCUT2D eigenvalue weighted by Crippen LogP contribution is 2.38. The molecule has 12 heteroatoms. The Hall–Kier alpha value is -2.77. The number of methoxy groups -OCH3 is 1. The summed E-state index contributed by atoms with van der Waals surface area (Å²) in [6, 6.07) is 10.1. The average molecular weight is 550 g/mol. The van der Waals surface area contributed by atoms with E-state index in [1.54, 1.807) is 19.1 Å². The number of nitrogens with zero attached hydrogens (tertiary/aromatic N) is 2. The lowest BCUT2D eigenvalue weighted by molar-refractivity contribution is -0.117. The largest absolute Gasteiger partial charge is 0.497 e. The molecule has 0 spiro atoms. The summed E-state index contributed by atoms with van der Waals surface area (Å²) in [5.74, 6) is -0.162. The van der Waals surface area contributed by atoms with E-state index in [0.29, 0.717) is 29.4 Å². The Morgan fingerprint density at radius 1 is 1.06 bits per heavy atom. The van der Waals surface area contributed by atoms with Gasteiger partial charge < -0.3 is 14.8 Å². The molecule has 0 saturated carbocycles. The number of anilines is 1. The van der Waals surface area contributed by atoms with Gasteiger partial charge >= 0.3 is 5.97 Å². The number of carbonyl (C=O) groups excluding carboxylic acids is 2. The van der Waals surface area contributed by atoms with Crippen LogP contribution in [0, 0.1) is 0 Å². The highest BCUT2D eigenvalue weighted by atomic mass is 32.2. The van der Waals surface area contributed by atoms with Crippen molar-refractivity contribution in [3.05, 3.63) is 52.7 Å². The van der Waals surface area contributed by atoms with E-state index >= 15 is 0 Å². The van der Waals surface area contributed by atoms with Crippen molar-refractivity contribution in [3.63, 3.8) is 0 Å². The van der Waals surface area contributed by atoms with Gasteiger partial charge in [-0.25, -0.2) is 13.2 Å². The zero-order valence-corrected chi connectivity index (χ0v) is 22.4. The van der Waals surface area contributed by atoms with Crippen molar-refractivity contribution in [1.29, 1.82) is 0 Å². The van der Waals surface area contributed by atoms with Gasteiger partial charge in [0.25, 0.3) is 0 Å². The summed E-state index contributed by atoms with van der Waals surface area (Å²) in [7, 11) is -2.10. The smallest absolute Gasteiger partial charge is 0.341 e. The number of thiophene rings is 2. The second-order valence-corrected chi connectivity index (χ2v) is 11.7. The number of piperazine rings is 1. The first-order valence-electron chi connectivity index (χ1n) is 11.3. The summed E-state index contributed by atoms with van der Waals surface area (Å²) in [5.41, 5.74) is 1.09. The van der Waals surface area contributed by atoms with Gasteiger partial charge in [-0.1, -0.05) is 6.07 Å². The fraction of sp³-hybridized carbons (Fsp3) is 0.333. The number of sulfonamides is 1. The number of amides is 1. The van der Waals surface area contributed by atoms with E-state index in [9.17, 15) is 18.0 Å². The van der Waals surface area contributed by atoms with Crippen LogP contribution in [0.3, 0.4) is 0 Å². The summed E-state index contributed by atoms with van der Waals surface area (Å²) in [4.78, 5) is 28.5. The van der Waals surface area contributed by atoms with Crippen LogP contribution < -0.4 is 10.1 Å². The van der Waals surface area contributed by atoms with Crippen molar-refractivity contribution in [2.75, 3.05) is 51.8 Å². The molecule has 1 amide bonds. The van der Waals surface area contributed by atoms with Crippen LogP contribution in [0.25, 0.3) is 10.4 Å². The lowest BCUT2D eigenvalue weighted by Gasteiger charge is -2.33. The molecule has 1 aliphatic heterocycles. The van der Waals surface area contributed by atoms with Gasteiger partial charge in [0.1, 0.15) is 16.3 Å². The van der Waals surface area contributed by atoms with Gasteiger partial charge in [-0.15, -0.1) is 22.7 Å². The molecule has 36 heavy (non-hydrogen) atoms. The van der Waals surface area contributed by atoms with E-state index in [1.165, 1.54) is 46.2 Å². The van der Waals surface area contributed by atoms with Gasteiger partial charge in [-0.05, 0) is 42.6 Å². The molecular formula is C24H27N3O6S3. The molecule has 9 nitrogen and oxygen atoms in total. The van der Waals surface area contributed by atoms with Crippen molar-refractivity contribution in [2.24, 2.45) is 0 Å².